The number of ether oxygens (including phenoxy) is 1. The van der Waals surface area contributed by atoms with Gasteiger partial charge in [-0.15, -0.1) is 4.40 Å². The third-order valence-electron chi connectivity index (χ3n) is 4.94. The SMILES string of the molecule is COc1cccc(N2CCN(S(=O)(=O)c3ccc4c(c3)S(=O)(=O)N=CN4)CC2)c1. The van der Waals surface area contributed by atoms with E-state index in [1.165, 1.54) is 16.4 Å². The van der Waals surface area contributed by atoms with E-state index in [0.29, 0.717) is 31.9 Å². The van der Waals surface area contributed by atoms with Crippen LogP contribution in [0.4, 0.5) is 11.4 Å². The molecule has 4 rings (SSSR count). The minimum atomic E-state index is -3.90. The monoisotopic (exact) mass is 436 g/mol. The summed E-state index contributed by atoms with van der Waals surface area (Å²) < 4.78 is 60.4. The Kier molecular flexibility index (Phi) is 4.97. The van der Waals surface area contributed by atoms with Gasteiger partial charge >= 0.3 is 0 Å². The quantitative estimate of drug-likeness (QED) is 0.771. The Morgan fingerprint density at radius 3 is 2.55 bits per heavy atom. The highest BCUT2D eigenvalue weighted by atomic mass is 32.2. The molecule has 154 valence electrons. The fraction of sp³-hybridized carbons (Fsp3) is 0.278. The van der Waals surface area contributed by atoms with Crippen LogP contribution in [-0.4, -0.2) is 60.8 Å². The van der Waals surface area contributed by atoms with Crippen molar-refractivity contribution in [1.29, 1.82) is 0 Å². The second-order valence-corrected chi connectivity index (χ2v) is 10.1. The first-order chi connectivity index (χ1) is 13.8. The van der Waals surface area contributed by atoms with E-state index >= 15 is 0 Å². The average Bonchev–Trinajstić information content (AvgIpc) is 2.73. The van der Waals surface area contributed by atoms with Crippen molar-refractivity contribution < 1.29 is 21.6 Å². The van der Waals surface area contributed by atoms with Crippen LogP contribution in [0.3, 0.4) is 0 Å². The zero-order valence-corrected chi connectivity index (χ0v) is 17.3. The first-order valence-electron chi connectivity index (χ1n) is 8.90. The smallest absolute Gasteiger partial charge is 0.285 e. The number of sulfonamides is 2. The molecule has 2 aromatic carbocycles. The highest BCUT2D eigenvalue weighted by Crippen LogP contribution is 2.30. The lowest BCUT2D eigenvalue weighted by Gasteiger charge is -2.35. The van der Waals surface area contributed by atoms with E-state index in [1.807, 2.05) is 24.3 Å². The Morgan fingerprint density at radius 2 is 1.83 bits per heavy atom. The van der Waals surface area contributed by atoms with Gasteiger partial charge in [0.2, 0.25) is 10.0 Å². The molecule has 0 aromatic heterocycles. The van der Waals surface area contributed by atoms with E-state index in [0.717, 1.165) is 23.8 Å². The number of nitrogens with zero attached hydrogens (tertiary/aromatic N) is 3. The van der Waals surface area contributed by atoms with Crippen molar-refractivity contribution in [3.8, 4) is 5.75 Å². The fourth-order valence-electron chi connectivity index (χ4n) is 3.36. The zero-order valence-electron chi connectivity index (χ0n) is 15.6. The summed E-state index contributed by atoms with van der Waals surface area (Å²) >= 11 is 0. The third kappa shape index (κ3) is 3.68. The summed E-state index contributed by atoms with van der Waals surface area (Å²) in [5.74, 6) is 0.740. The Balaban J connectivity index is 1.54. The minimum Gasteiger partial charge on any atom is -0.497 e. The molecule has 0 amide bonds. The summed E-state index contributed by atoms with van der Waals surface area (Å²) in [5, 5.41) is 2.71. The van der Waals surface area contributed by atoms with Gasteiger partial charge in [-0.2, -0.15) is 12.7 Å². The maximum atomic E-state index is 13.1. The van der Waals surface area contributed by atoms with Crippen molar-refractivity contribution in [2.24, 2.45) is 4.40 Å². The van der Waals surface area contributed by atoms with Crippen LogP contribution in [-0.2, 0) is 20.0 Å². The van der Waals surface area contributed by atoms with Crippen LogP contribution in [0.15, 0.2) is 56.7 Å². The Labute approximate surface area is 169 Å². The van der Waals surface area contributed by atoms with Crippen LogP contribution in [0, 0.1) is 0 Å². The summed E-state index contributed by atoms with van der Waals surface area (Å²) in [5.41, 5.74) is 1.27. The average molecular weight is 437 g/mol. The van der Waals surface area contributed by atoms with Crippen LogP contribution < -0.4 is 15.0 Å². The molecule has 2 aliphatic heterocycles. The van der Waals surface area contributed by atoms with Gasteiger partial charge in [0.15, 0.2) is 0 Å². The van der Waals surface area contributed by atoms with Crippen LogP contribution >= 0.6 is 0 Å². The number of hydrogen-bond donors (Lipinski definition) is 1. The Hall–Kier alpha value is -2.63. The molecule has 2 aromatic rings. The van der Waals surface area contributed by atoms with E-state index in [9.17, 15) is 16.8 Å². The number of nitrogens with one attached hydrogen (secondary N) is 1. The van der Waals surface area contributed by atoms with Crippen LogP contribution in [0.25, 0.3) is 0 Å². The van der Waals surface area contributed by atoms with Gasteiger partial charge in [0.05, 0.1) is 17.7 Å². The molecule has 1 saturated heterocycles. The van der Waals surface area contributed by atoms with Crippen molar-refractivity contribution in [3.05, 3.63) is 42.5 Å². The zero-order chi connectivity index (χ0) is 20.6. The summed E-state index contributed by atoms with van der Waals surface area (Å²) in [6.07, 6.45) is 1.07. The number of piperazine rings is 1. The number of benzene rings is 2. The van der Waals surface area contributed by atoms with Crippen molar-refractivity contribution in [2.75, 3.05) is 43.5 Å². The van der Waals surface area contributed by atoms with Crippen molar-refractivity contribution >= 4 is 37.8 Å². The molecule has 0 aliphatic carbocycles. The summed E-state index contributed by atoms with van der Waals surface area (Å²) in [7, 11) is -6.13. The van der Waals surface area contributed by atoms with Gasteiger partial charge in [-0.1, -0.05) is 6.07 Å². The normalized spacial score (nSPS) is 18.7. The first kappa shape index (κ1) is 19.7. The van der Waals surface area contributed by atoms with Crippen LogP contribution in [0.1, 0.15) is 0 Å². The maximum absolute atomic E-state index is 13.1. The Bertz CT molecular complexity index is 1170. The molecule has 0 bridgehead atoms. The molecule has 0 saturated carbocycles. The predicted octanol–water partition coefficient (Wildman–Crippen LogP) is 1.35. The third-order valence-corrected chi connectivity index (χ3v) is 8.11. The number of fused-ring (bicyclic) bond motifs is 1. The van der Waals surface area contributed by atoms with E-state index < -0.39 is 20.0 Å². The van der Waals surface area contributed by atoms with Crippen molar-refractivity contribution in [3.63, 3.8) is 0 Å². The van der Waals surface area contributed by atoms with E-state index in [2.05, 4.69) is 14.6 Å². The summed E-state index contributed by atoms with van der Waals surface area (Å²) in [6, 6.07) is 11.6. The molecule has 29 heavy (non-hydrogen) atoms. The topological polar surface area (TPSA) is 108 Å². The molecule has 9 nitrogen and oxygen atoms in total. The molecule has 2 heterocycles. The highest BCUT2D eigenvalue weighted by Gasteiger charge is 2.31. The van der Waals surface area contributed by atoms with Gasteiger partial charge in [0.25, 0.3) is 10.0 Å². The van der Waals surface area contributed by atoms with E-state index in [4.69, 9.17) is 4.74 Å². The molecule has 1 fully saturated rings. The largest absolute Gasteiger partial charge is 0.497 e. The van der Waals surface area contributed by atoms with Crippen LogP contribution in [0.5, 0.6) is 5.75 Å². The lowest BCUT2D eigenvalue weighted by Crippen LogP contribution is -2.48. The second-order valence-electron chi connectivity index (χ2n) is 6.60. The van der Waals surface area contributed by atoms with Crippen molar-refractivity contribution in [1.82, 2.24) is 4.31 Å². The highest BCUT2D eigenvalue weighted by molar-refractivity contribution is 7.91. The number of rotatable bonds is 4. The van der Waals surface area contributed by atoms with Crippen LogP contribution in [0.2, 0.25) is 0 Å². The molecule has 2 aliphatic rings. The summed E-state index contributed by atoms with van der Waals surface area (Å²) in [6.45, 7) is 1.61. The molecule has 0 atom stereocenters. The second kappa shape index (κ2) is 7.32. The van der Waals surface area contributed by atoms with Gasteiger partial charge in [0.1, 0.15) is 17.0 Å². The lowest BCUT2D eigenvalue weighted by molar-refractivity contribution is 0.384. The fourth-order valence-corrected chi connectivity index (χ4v) is 5.87. The predicted molar refractivity (Wildman–Crippen MR) is 110 cm³/mol. The van der Waals surface area contributed by atoms with E-state index in [1.54, 1.807) is 7.11 Å². The van der Waals surface area contributed by atoms with Gasteiger partial charge in [-0.3, -0.25) is 0 Å². The Morgan fingerprint density at radius 1 is 1.07 bits per heavy atom. The standard InChI is InChI=1S/C18H20N4O5S2/c1-27-15-4-2-3-14(11-15)21-7-9-22(10-8-21)29(25,26)16-5-6-17-18(12-16)28(23,24)20-13-19-17/h2-6,11-13H,7-10H2,1H3,(H,19,20). The number of methoxy groups -OCH3 is 1. The minimum absolute atomic E-state index is 0.0615. The lowest BCUT2D eigenvalue weighted by atomic mass is 10.2. The first-order valence-corrected chi connectivity index (χ1v) is 11.8. The summed E-state index contributed by atoms with van der Waals surface area (Å²) in [4.78, 5) is 1.88. The number of anilines is 2. The molecular formula is C18H20N4O5S2. The number of hydrogen-bond acceptors (Lipinski definition) is 7. The molecule has 0 spiro atoms. The molecule has 0 unspecified atom stereocenters. The van der Waals surface area contributed by atoms with E-state index in [-0.39, 0.29) is 9.79 Å². The van der Waals surface area contributed by atoms with Gasteiger partial charge in [-0.05, 0) is 30.3 Å². The van der Waals surface area contributed by atoms with Gasteiger partial charge in [-0.25, -0.2) is 8.42 Å². The maximum Gasteiger partial charge on any atom is 0.285 e. The molecular weight excluding hydrogens is 416 g/mol. The van der Waals surface area contributed by atoms with Gasteiger partial charge in [0, 0.05) is 37.9 Å². The molecule has 0 radical (unpaired) electrons. The molecule has 1 N–H and O–H groups in total. The van der Waals surface area contributed by atoms with Crippen molar-refractivity contribution in [2.45, 2.75) is 9.79 Å². The molecule has 11 heteroatoms. The van der Waals surface area contributed by atoms with Gasteiger partial charge < -0.3 is 15.0 Å².